The van der Waals surface area contributed by atoms with E-state index in [4.69, 9.17) is 0 Å². The van der Waals surface area contributed by atoms with Crippen molar-refractivity contribution in [3.63, 3.8) is 0 Å². The second-order valence-corrected chi connectivity index (χ2v) is 3.75. The van der Waals surface area contributed by atoms with E-state index in [1.54, 1.807) is 6.07 Å². The molecule has 76 valence electrons. The molecule has 14 heavy (non-hydrogen) atoms. The fourth-order valence-corrected chi connectivity index (χ4v) is 2.06. The molecule has 0 aliphatic carbocycles. The minimum absolute atomic E-state index is 0.129. The lowest BCUT2D eigenvalue weighted by atomic mass is 10.0. The molecule has 3 heteroatoms. The van der Waals surface area contributed by atoms with Gasteiger partial charge in [0.15, 0.2) is 0 Å². The maximum Gasteiger partial charge on any atom is 0.250 e. The summed E-state index contributed by atoms with van der Waals surface area (Å²) in [5.74, 6) is 0.478. The van der Waals surface area contributed by atoms with Crippen LogP contribution in [0.2, 0.25) is 0 Å². The summed E-state index contributed by atoms with van der Waals surface area (Å²) in [6, 6.07) is 5.58. The molecule has 2 rings (SSSR count). The first-order chi connectivity index (χ1) is 6.83. The third-order valence-electron chi connectivity index (χ3n) is 2.90. The van der Waals surface area contributed by atoms with Crippen LogP contribution < -0.4 is 10.9 Å². The van der Waals surface area contributed by atoms with E-state index in [1.807, 2.05) is 10.6 Å². The van der Waals surface area contributed by atoms with Gasteiger partial charge in [0.25, 0.3) is 5.56 Å². The van der Waals surface area contributed by atoms with Gasteiger partial charge in [-0.3, -0.25) is 4.79 Å². The zero-order valence-electron chi connectivity index (χ0n) is 8.49. The third kappa shape index (κ3) is 1.60. The first kappa shape index (κ1) is 9.46. The van der Waals surface area contributed by atoms with Gasteiger partial charge in [0.05, 0.1) is 0 Å². The minimum Gasteiger partial charge on any atom is -0.314 e. The standard InChI is InChI=1S/C11H16N2O/c1-2-9-8-12-6-7-13-10(9)4-3-5-11(13)14/h3-5,9,12H,2,6-8H2,1H3. The number of fused-ring (bicyclic) bond motifs is 1. The molecule has 1 N–H and O–H groups in total. The van der Waals surface area contributed by atoms with Crippen molar-refractivity contribution in [1.29, 1.82) is 0 Å². The maximum absolute atomic E-state index is 11.6. The topological polar surface area (TPSA) is 34.0 Å². The number of nitrogens with one attached hydrogen (secondary N) is 1. The van der Waals surface area contributed by atoms with Crippen LogP contribution in [0.4, 0.5) is 0 Å². The molecule has 1 aromatic rings. The Morgan fingerprint density at radius 3 is 3.21 bits per heavy atom. The SMILES string of the molecule is CCC1CNCCn2c1cccc2=O. The quantitative estimate of drug-likeness (QED) is 0.718. The van der Waals surface area contributed by atoms with Crippen molar-refractivity contribution < 1.29 is 0 Å². The predicted octanol–water partition coefficient (Wildman–Crippen LogP) is 0.945. The Balaban J connectivity index is 2.49. The first-order valence-corrected chi connectivity index (χ1v) is 5.23. The first-order valence-electron chi connectivity index (χ1n) is 5.23. The van der Waals surface area contributed by atoms with Crippen molar-refractivity contribution in [3.05, 3.63) is 34.2 Å². The largest absolute Gasteiger partial charge is 0.314 e. The van der Waals surface area contributed by atoms with Crippen LogP contribution in [0, 0.1) is 0 Å². The molecule has 1 atom stereocenters. The number of hydrogen-bond acceptors (Lipinski definition) is 2. The van der Waals surface area contributed by atoms with E-state index in [-0.39, 0.29) is 5.56 Å². The monoisotopic (exact) mass is 192 g/mol. The molecule has 2 heterocycles. The molecule has 0 fully saturated rings. The van der Waals surface area contributed by atoms with Crippen LogP contribution in [0.3, 0.4) is 0 Å². The van der Waals surface area contributed by atoms with Crippen molar-refractivity contribution in [2.45, 2.75) is 25.8 Å². The number of pyridine rings is 1. The average Bonchev–Trinajstić information content (AvgIpc) is 2.40. The summed E-state index contributed by atoms with van der Waals surface area (Å²) in [4.78, 5) is 11.6. The number of nitrogens with zero attached hydrogens (tertiary/aromatic N) is 1. The summed E-state index contributed by atoms with van der Waals surface area (Å²) in [6.45, 7) is 4.85. The lowest BCUT2D eigenvalue weighted by molar-refractivity contribution is 0.594. The Labute approximate surface area is 83.8 Å². The van der Waals surface area contributed by atoms with Gasteiger partial charge in [0.2, 0.25) is 0 Å². The number of aromatic nitrogens is 1. The molecule has 0 saturated carbocycles. The van der Waals surface area contributed by atoms with E-state index in [9.17, 15) is 4.79 Å². The van der Waals surface area contributed by atoms with Crippen LogP contribution >= 0.6 is 0 Å². The van der Waals surface area contributed by atoms with E-state index in [2.05, 4.69) is 18.3 Å². The van der Waals surface area contributed by atoms with Crippen molar-refractivity contribution in [3.8, 4) is 0 Å². The van der Waals surface area contributed by atoms with Crippen molar-refractivity contribution >= 4 is 0 Å². The van der Waals surface area contributed by atoms with Crippen LogP contribution in [0.1, 0.15) is 25.0 Å². The van der Waals surface area contributed by atoms with Gasteiger partial charge in [-0.15, -0.1) is 0 Å². The fourth-order valence-electron chi connectivity index (χ4n) is 2.06. The molecular formula is C11H16N2O. The van der Waals surface area contributed by atoms with Gasteiger partial charge in [-0.1, -0.05) is 13.0 Å². The summed E-state index contributed by atoms with van der Waals surface area (Å²) in [7, 11) is 0. The molecule has 3 nitrogen and oxygen atoms in total. The van der Waals surface area contributed by atoms with Crippen LogP contribution in [-0.2, 0) is 6.54 Å². The summed E-state index contributed by atoms with van der Waals surface area (Å²) in [5, 5.41) is 3.36. The Kier molecular flexibility index (Phi) is 2.68. The van der Waals surface area contributed by atoms with Gasteiger partial charge in [0.1, 0.15) is 0 Å². The van der Waals surface area contributed by atoms with Gasteiger partial charge >= 0.3 is 0 Å². The average molecular weight is 192 g/mol. The zero-order chi connectivity index (χ0) is 9.97. The number of rotatable bonds is 1. The summed E-state index contributed by atoms with van der Waals surface area (Å²) < 4.78 is 1.90. The summed E-state index contributed by atoms with van der Waals surface area (Å²) in [5.41, 5.74) is 1.31. The second-order valence-electron chi connectivity index (χ2n) is 3.75. The van der Waals surface area contributed by atoms with E-state index < -0.39 is 0 Å². The van der Waals surface area contributed by atoms with E-state index in [1.165, 1.54) is 5.69 Å². The van der Waals surface area contributed by atoms with Crippen molar-refractivity contribution in [2.24, 2.45) is 0 Å². The molecule has 1 aliphatic heterocycles. The maximum atomic E-state index is 11.6. The Bertz CT molecular complexity index is 370. The summed E-state index contributed by atoms with van der Waals surface area (Å²) in [6.07, 6.45) is 1.08. The molecule has 1 aromatic heterocycles. The van der Waals surface area contributed by atoms with E-state index in [0.29, 0.717) is 5.92 Å². The smallest absolute Gasteiger partial charge is 0.250 e. The van der Waals surface area contributed by atoms with Gasteiger partial charge in [-0.05, 0) is 12.5 Å². The molecule has 1 aliphatic rings. The van der Waals surface area contributed by atoms with Crippen molar-refractivity contribution in [2.75, 3.05) is 13.1 Å². The molecule has 0 amide bonds. The van der Waals surface area contributed by atoms with Crippen LogP contribution in [0.5, 0.6) is 0 Å². The Hall–Kier alpha value is -1.09. The summed E-state index contributed by atoms with van der Waals surface area (Å²) >= 11 is 0. The highest BCUT2D eigenvalue weighted by molar-refractivity contribution is 5.13. The minimum atomic E-state index is 0.129. The highest BCUT2D eigenvalue weighted by Crippen LogP contribution is 2.18. The van der Waals surface area contributed by atoms with Gasteiger partial charge < -0.3 is 9.88 Å². The van der Waals surface area contributed by atoms with E-state index >= 15 is 0 Å². The Morgan fingerprint density at radius 1 is 1.57 bits per heavy atom. The van der Waals surface area contributed by atoms with Crippen LogP contribution in [0.15, 0.2) is 23.0 Å². The highest BCUT2D eigenvalue weighted by atomic mass is 16.1. The fraction of sp³-hybridized carbons (Fsp3) is 0.545. The van der Waals surface area contributed by atoms with Gasteiger partial charge in [-0.25, -0.2) is 0 Å². The van der Waals surface area contributed by atoms with Crippen LogP contribution in [0.25, 0.3) is 0 Å². The Morgan fingerprint density at radius 2 is 2.43 bits per heavy atom. The highest BCUT2D eigenvalue weighted by Gasteiger charge is 2.16. The molecular weight excluding hydrogens is 176 g/mol. The van der Waals surface area contributed by atoms with Gasteiger partial charge in [0, 0.05) is 37.3 Å². The number of hydrogen-bond donors (Lipinski definition) is 1. The van der Waals surface area contributed by atoms with Crippen molar-refractivity contribution in [1.82, 2.24) is 9.88 Å². The predicted molar refractivity (Wildman–Crippen MR) is 56.6 cm³/mol. The lowest BCUT2D eigenvalue weighted by Crippen LogP contribution is -2.24. The molecule has 0 radical (unpaired) electrons. The van der Waals surface area contributed by atoms with E-state index in [0.717, 1.165) is 26.1 Å². The molecule has 0 saturated heterocycles. The van der Waals surface area contributed by atoms with Crippen LogP contribution in [-0.4, -0.2) is 17.7 Å². The normalized spacial score (nSPS) is 21.4. The van der Waals surface area contributed by atoms with Gasteiger partial charge in [-0.2, -0.15) is 0 Å². The lowest BCUT2D eigenvalue weighted by Gasteiger charge is -2.15. The third-order valence-corrected chi connectivity index (χ3v) is 2.90. The molecule has 0 spiro atoms. The molecule has 0 bridgehead atoms. The zero-order valence-corrected chi connectivity index (χ0v) is 8.49. The second kappa shape index (κ2) is 3.96. The molecule has 1 unspecified atom stereocenters. The molecule has 0 aromatic carbocycles.